The summed E-state index contributed by atoms with van der Waals surface area (Å²) in [6, 6.07) is 20.3. The molecule has 2 atom stereocenters. The predicted octanol–water partition coefficient (Wildman–Crippen LogP) is 3.99. The minimum atomic E-state index is -1.17. The molecule has 4 aromatic rings. The fourth-order valence-electron chi connectivity index (χ4n) is 5.03. The van der Waals surface area contributed by atoms with E-state index in [1.165, 1.54) is 15.6 Å². The Morgan fingerprint density at radius 3 is 2.74 bits per heavy atom. The van der Waals surface area contributed by atoms with E-state index in [-0.39, 0.29) is 30.7 Å². The molecule has 5 rings (SSSR count). The predicted molar refractivity (Wildman–Crippen MR) is 145 cm³/mol. The van der Waals surface area contributed by atoms with Crippen LogP contribution >= 0.6 is 0 Å². The molecule has 0 spiro atoms. The smallest absolute Gasteiger partial charge is 0.247 e. The summed E-state index contributed by atoms with van der Waals surface area (Å²) in [5, 5.41) is 11.2. The number of amides is 2. The van der Waals surface area contributed by atoms with Crippen LogP contribution in [0.4, 0.5) is 4.39 Å². The maximum atomic E-state index is 15.2. The van der Waals surface area contributed by atoms with Crippen molar-refractivity contribution in [2.75, 3.05) is 19.7 Å². The molecule has 9 heteroatoms. The molecule has 1 fully saturated rings. The van der Waals surface area contributed by atoms with Gasteiger partial charge in [-0.05, 0) is 49.9 Å². The van der Waals surface area contributed by atoms with Crippen LogP contribution in [0.15, 0.2) is 72.8 Å². The van der Waals surface area contributed by atoms with E-state index < -0.39 is 17.8 Å². The number of aromatic nitrogens is 3. The zero-order valence-electron chi connectivity index (χ0n) is 21.9. The Kier molecular flexibility index (Phi) is 8.27. The molecule has 0 unspecified atom stereocenters. The van der Waals surface area contributed by atoms with E-state index in [2.05, 4.69) is 15.6 Å². The molecule has 2 heterocycles. The fraction of sp³-hybridized carbons (Fsp3) is 0.333. The second-order valence-electron chi connectivity index (χ2n) is 9.87. The summed E-state index contributed by atoms with van der Waals surface area (Å²) in [5.41, 5.74) is 3.63. The largest absolute Gasteiger partial charge is 0.376 e. The van der Waals surface area contributed by atoms with Crippen molar-refractivity contribution in [1.82, 2.24) is 25.2 Å². The lowest BCUT2D eigenvalue weighted by Gasteiger charge is -2.32. The maximum absolute atomic E-state index is 15.2. The van der Waals surface area contributed by atoms with Crippen LogP contribution in [0.5, 0.6) is 0 Å². The molecule has 3 aromatic carbocycles. The van der Waals surface area contributed by atoms with E-state index in [4.69, 9.17) is 4.74 Å². The third kappa shape index (κ3) is 6.31. The number of halogens is 1. The molecule has 1 N–H and O–H groups in total. The van der Waals surface area contributed by atoms with Crippen LogP contribution in [0.2, 0.25) is 0 Å². The van der Waals surface area contributed by atoms with Gasteiger partial charge in [-0.15, -0.1) is 5.10 Å². The number of nitrogens with one attached hydrogen (secondary N) is 1. The monoisotopic (exact) mass is 529 g/mol. The normalized spacial score (nSPS) is 15.8. The first-order chi connectivity index (χ1) is 19.0. The fourth-order valence-corrected chi connectivity index (χ4v) is 5.03. The SMILES string of the molecule is Cc1cccc(CCN(C(=O)Cn2nnc3ccccc32)[C@H](C(=O)NC[C@H]2CCCO2)c2ccccc2F)c1. The first-order valence-electron chi connectivity index (χ1n) is 13.3. The quantitative estimate of drug-likeness (QED) is 0.336. The van der Waals surface area contributed by atoms with Crippen molar-refractivity contribution in [3.8, 4) is 0 Å². The molecule has 1 saturated heterocycles. The van der Waals surface area contributed by atoms with Gasteiger partial charge in [0, 0.05) is 25.3 Å². The number of ether oxygens (including phenoxy) is 1. The Balaban J connectivity index is 1.47. The van der Waals surface area contributed by atoms with Crippen LogP contribution < -0.4 is 5.32 Å². The molecular formula is C30H32FN5O3. The van der Waals surface area contributed by atoms with Gasteiger partial charge in [0.1, 0.15) is 23.9 Å². The Labute approximate surface area is 226 Å². The van der Waals surface area contributed by atoms with Crippen LogP contribution in [-0.4, -0.2) is 57.5 Å². The summed E-state index contributed by atoms with van der Waals surface area (Å²) in [6.45, 7) is 3.03. The Morgan fingerprint density at radius 2 is 1.95 bits per heavy atom. The molecule has 39 heavy (non-hydrogen) atoms. The maximum Gasteiger partial charge on any atom is 0.247 e. The van der Waals surface area contributed by atoms with E-state index in [0.717, 1.165) is 24.0 Å². The Morgan fingerprint density at radius 1 is 1.13 bits per heavy atom. The zero-order valence-corrected chi connectivity index (χ0v) is 21.9. The van der Waals surface area contributed by atoms with E-state index >= 15 is 4.39 Å². The summed E-state index contributed by atoms with van der Waals surface area (Å²) in [5.74, 6) is -1.36. The number of para-hydroxylation sites is 1. The van der Waals surface area contributed by atoms with Gasteiger partial charge in [0.15, 0.2) is 0 Å². The van der Waals surface area contributed by atoms with Crippen molar-refractivity contribution in [1.29, 1.82) is 0 Å². The number of aryl methyl sites for hydroxylation is 1. The zero-order chi connectivity index (χ0) is 27.2. The molecule has 1 aliphatic heterocycles. The number of fused-ring (bicyclic) bond motifs is 1. The Hall–Kier alpha value is -4.11. The first-order valence-corrected chi connectivity index (χ1v) is 13.3. The highest BCUT2D eigenvalue weighted by molar-refractivity contribution is 5.89. The number of carbonyl (C=O) groups is 2. The number of hydrogen-bond donors (Lipinski definition) is 1. The molecule has 0 bridgehead atoms. The van der Waals surface area contributed by atoms with Gasteiger partial charge in [-0.3, -0.25) is 9.59 Å². The second-order valence-corrected chi connectivity index (χ2v) is 9.87. The molecule has 0 radical (unpaired) electrons. The molecule has 1 aromatic heterocycles. The third-order valence-electron chi connectivity index (χ3n) is 7.04. The summed E-state index contributed by atoms with van der Waals surface area (Å²) in [6.07, 6.45) is 2.19. The van der Waals surface area contributed by atoms with Gasteiger partial charge in [-0.2, -0.15) is 0 Å². The molecule has 8 nitrogen and oxygen atoms in total. The lowest BCUT2D eigenvalue weighted by atomic mass is 10.0. The van der Waals surface area contributed by atoms with Gasteiger partial charge < -0.3 is 15.0 Å². The summed E-state index contributed by atoms with van der Waals surface area (Å²) in [7, 11) is 0. The van der Waals surface area contributed by atoms with Gasteiger partial charge in [-0.25, -0.2) is 9.07 Å². The lowest BCUT2D eigenvalue weighted by Crippen LogP contribution is -2.47. The molecule has 2 amide bonds. The molecule has 202 valence electrons. The van der Waals surface area contributed by atoms with Crippen LogP contribution in [0.25, 0.3) is 11.0 Å². The van der Waals surface area contributed by atoms with Crippen molar-refractivity contribution in [3.63, 3.8) is 0 Å². The summed E-state index contributed by atoms with van der Waals surface area (Å²) >= 11 is 0. The van der Waals surface area contributed by atoms with Crippen molar-refractivity contribution in [2.24, 2.45) is 0 Å². The van der Waals surface area contributed by atoms with Crippen LogP contribution in [0, 0.1) is 12.7 Å². The lowest BCUT2D eigenvalue weighted by molar-refractivity contribution is -0.141. The molecule has 0 aliphatic carbocycles. The van der Waals surface area contributed by atoms with Crippen LogP contribution in [0.3, 0.4) is 0 Å². The van der Waals surface area contributed by atoms with E-state index in [1.807, 2.05) is 55.5 Å². The second kappa shape index (κ2) is 12.2. The third-order valence-corrected chi connectivity index (χ3v) is 7.04. The van der Waals surface area contributed by atoms with Crippen molar-refractivity contribution in [2.45, 2.75) is 44.9 Å². The topological polar surface area (TPSA) is 89.4 Å². The average Bonchev–Trinajstić information content (AvgIpc) is 3.61. The van der Waals surface area contributed by atoms with E-state index in [9.17, 15) is 9.59 Å². The van der Waals surface area contributed by atoms with Gasteiger partial charge >= 0.3 is 0 Å². The van der Waals surface area contributed by atoms with Gasteiger partial charge in [0.05, 0.1) is 11.6 Å². The first kappa shape index (κ1) is 26.5. The van der Waals surface area contributed by atoms with Gasteiger partial charge in [0.25, 0.3) is 0 Å². The number of rotatable bonds is 10. The minimum Gasteiger partial charge on any atom is -0.376 e. The standard InChI is InChI=1S/C30H32FN5O3/c1-21-8-6-9-22(18-21)15-16-35(28(37)20-36-27-14-5-4-13-26(27)33-34-36)29(24-11-2-3-12-25(24)31)30(38)32-19-23-10-7-17-39-23/h2-6,8-9,11-14,18,23,29H,7,10,15-17,19-20H2,1H3,(H,32,38)/t23-,29+/m1/s1. The Bertz CT molecular complexity index is 1450. The molecule has 0 saturated carbocycles. The minimum absolute atomic E-state index is 0.0896. The number of carbonyl (C=O) groups excluding carboxylic acids is 2. The highest BCUT2D eigenvalue weighted by Gasteiger charge is 2.34. The molecular weight excluding hydrogens is 497 g/mol. The number of nitrogens with zero attached hydrogens (tertiary/aromatic N) is 4. The van der Waals surface area contributed by atoms with Crippen LogP contribution in [0.1, 0.15) is 35.6 Å². The summed E-state index contributed by atoms with van der Waals surface area (Å²) < 4.78 is 22.4. The average molecular weight is 530 g/mol. The van der Waals surface area contributed by atoms with Crippen molar-refractivity contribution >= 4 is 22.8 Å². The van der Waals surface area contributed by atoms with E-state index in [1.54, 1.807) is 18.2 Å². The van der Waals surface area contributed by atoms with E-state index in [0.29, 0.717) is 30.6 Å². The summed E-state index contributed by atoms with van der Waals surface area (Å²) in [4.78, 5) is 29.1. The van der Waals surface area contributed by atoms with Gasteiger partial charge in [-0.1, -0.05) is 65.4 Å². The van der Waals surface area contributed by atoms with Crippen LogP contribution in [-0.2, 0) is 27.3 Å². The van der Waals surface area contributed by atoms with Gasteiger partial charge in [0.2, 0.25) is 11.8 Å². The van der Waals surface area contributed by atoms with Crippen molar-refractivity contribution < 1.29 is 18.7 Å². The molecule has 1 aliphatic rings. The number of benzene rings is 3. The highest BCUT2D eigenvalue weighted by atomic mass is 19.1. The number of hydrogen-bond acceptors (Lipinski definition) is 5. The highest BCUT2D eigenvalue weighted by Crippen LogP contribution is 2.26. The van der Waals surface area contributed by atoms with Crippen molar-refractivity contribution in [3.05, 3.63) is 95.3 Å².